The second kappa shape index (κ2) is 12.5. The smallest absolute Gasteiger partial charge is 0.318 e. The van der Waals surface area contributed by atoms with Crippen LogP contribution in [0, 0.1) is 0 Å². The van der Waals surface area contributed by atoms with Gasteiger partial charge in [-0.3, -0.25) is 24.0 Å². The largest absolute Gasteiger partial charge is 0.329 e. The van der Waals surface area contributed by atoms with Gasteiger partial charge in [-0.25, -0.2) is 26.8 Å². The second-order valence-electron chi connectivity index (χ2n) is 13.4. The van der Waals surface area contributed by atoms with E-state index in [1.54, 1.807) is 34.6 Å². The Balaban J connectivity index is 1.14. The van der Waals surface area contributed by atoms with Gasteiger partial charge < -0.3 is 10.2 Å². The van der Waals surface area contributed by atoms with Crippen molar-refractivity contribution in [1.82, 2.24) is 23.7 Å². The third-order valence-corrected chi connectivity index (χ3v) is 13.3. The molecule has 2 N–H and O–H groups in total. The van der Waals surface area contributed by atoms with Gasteiger partial charge in [0, 0.05) is 47.3 Å². The molecule has 2 radical (unpaired) electrons. The Hall–Kier alpha value is -3.89. The molecule has 4 amide bonds. The summed E-state index contributed by atoms with van der Waals surface area (Å²) < 4.78 is 62.1. The number of likely N-dealkylation sites (tertiary alicyclic amines) is 1. The molecule has 16 heteroatoms. The van der Waals surface area contributed by atoms with Gasteiger partial charge in [-0.15, -0.1) is 0 Å². The number of hydrogen-bond donors (Lipinski definition) is 2. The number of carbonyl (C=O) groups is 3. The zero-order chi connectivity index (χ0) is 34.6. The number of nitrogens with zero attached hydrogens (tertiary/aromatic N) is 4. The van der Waals surface area contributed by atoms with Crippen LogP contribution in [-0.4, -0.2) is 85.2 Å². The number of urea groups is 1. The molecule has 0 saturated carbocycles. The molecule has 0 spiro atoms. The summed E-state index contributed by atoms with van der Waals surface area (Å²) in [7, 11) is -1.40. The zero-order valence-electron chi connectivity index (χ0n) is 27.0. The van der Waals surface area contributed by atoms with Gasteiger partial charge in [0.05, 0.1) is 29.2 Å². The molecular weight excluding hydrogens is 663 g/mol. The van der Waals surface area contributed by atoms with Crippen molar-refractivity contribution in [2.75, 3.05) is 25.0 Å². The fraction of sp³-hybridized carbons (Fsp3) is 0.500. The molecule has 48 heavy (non-hydrogen) atoms. The highest BCUT2D eigenvalue weighted by molar-refractivity contribution is 7.88. The van der Waals surface area contributed by atoms with Crippen molar-refractivity contribution in [3.05, 3.63) is 64.1 Å². The van der Waals surface area contributed by atoms with E-state index in [1.807, 2.05) is 13.8 Å². The lowest BCUT2D eigenvalue weighted by Gasteiger charge is -2.41. The molecule has 2 atom stereocenters. The van der Waals surface area contributed by atoms with E-state index in [9.17, 15) is 27.6 Å². The van der Waals surface area contributed by atoms with Gasteiger partial charge in [-0.1, -0.05) is 18.2 Å². The Morgan fingerprint density at radius 1 is 1.06 bits per heavy atom. The Bertz CT molecular complexity index is 1960. The number of aromatic nitrogens is 2. The van der Waals surface area contributed by atoms with E-state index in [1.165, 1.54) is 28.3 Å². The maximum absolute atomic E-state index is 15.7. The third kappa shape index (κ3) is 6.44. The third-order valence-electron chi connectivity index (χ3n) is 9.51. The van der Waals surface area contributed by atoms with Gasteiger partial charge in [0.15, 0.2) is 0 Å². The lowest BCUT2D eigenvalue weighted by molar-refractivity contribution is -0.135. The number of sulfonamides is 1. The number of imidazole rings is 1. The lowest BCUT2D eigenvalue weighted by Crippen LogP contribution is -2.51. The van der Waals surface area contributed by atoms with Gasteiger partial charge in [0.25, 0.3) is 5.92 Å². The Morgan fingerprint density at radius 3 is 2.54 bits per heavy atom. The normalized spacial score (nSPS) is 23.2. The fourth-order valence-corrected chi connectivity index (χ4v) is 10.6. The fourth-order valence-electron chi connectivity index (χ4n) is 7.06. The van der Waals surface area contributed by atoms with Crippen LogP contribution in [0.15, 0.2) is 47.3 Å². The molecule has 3 saturated heterocycles. The first-order valence-corrected chi connectivity index (χ1v) is 18.9. The van der Waals surface area contributed by atoms with Gasteiger partial charge in [0.1, 0.15) is 6.04 Å². The molecular formula is C32H38F2N6O6SSi. The first kappa shape index (κ1) is 34.0. The molecule has 3 aliphatic rings. The average Bonchev–Trinajstić information content (AvgIpc) is 3.25. The number of halogens is 2. The van der Waals surface area contributed by atoms with Crippen molar-refractivity contribution in [3.8, 4) is 0 Å². The summed E-state index contributed by atoms with van der Waals surface area (Å²) in [6.07, 6.45) is 0.198. The maximum atomic E-state index is 15.7. The predicted molar refractivity (Wildman–Crippen MR) is 177 cm³/mol. The highest BCUT2D eigenvalue weighted by Gasteiger charge is 2.47. The van der Waals surface area contributed by atoms with Crippen molar-refractivity contribution in [1.29, 1.82) is 0 Å². The van der Waals surface area contributed by atoms with E-state index >= 15 is 8.78 Å². The molecule has 12 nitrogen and oxygen atoms in total. The zero-order valence-corrected chi connectivity index (χ0v) is 28.8. The van der Waals surface area contributed by atoms with Gasteiger partial charge >= 0.3 is 11.7 Å². The Morgan fingerprint density at radius 2 is 1.83 bits per heavy atom. The van der Waals surface area contributed by atoms with E-state index < -0.39 is 63.5 Å². The minimum absolute atomic E-state index is 0.0408. The lowest BCUT2D eigenvalue weighted by atomic mass is 9.86. The van der Waals surface area contributed by atoms with Crippen LogP contribution in [0.5, 0.6) is 0 Å². The second-order valence-corrected chi connectivity index (χ2v) is 16.6. The summed E-state index contributed by atoms with van der Waals surface area (Å²) in [6, 6.07) is 11.0. The first-order chi connectivity index (χ1) is 22.6. The van der Waals surface area contributed by atoms with Crippen molar-refractivity contribution >= 4 is 54.1 Å². The van der Waals surface area contributed by atoms with E-state index in [-0.39, 0.29) is 31.6 Å². The quantitative estimate of drug-likeness (QED) is 0.298. The first-order valence-electron chi connectivity index (χ1n) is 15.9. The van der Waals surface area contributed by atoms with E-state index in [4.69, 9.17) is 0 Å². The van der Waals surface area contributed by atoms with Crippen molar-refractivity contribution in [2.45, 2.75) is 74.4 Å². The number of piperidine rings is 2. The number of nitrogens with one attached hydrogen (secondary N) is 2. The highest BCUT2D eigenvalue weighted by Crippen LogP contribution is 2.41. The van der Waals surface area contributed by atoms with Crippen LogP contribution in [0.2, 0.25) is 12.1 Å². The summed E-state index contributed by atoms with van der Waals surface area (Å²) in [6.45, 7) is 3.52. The van der Waals surface area contributed by atoms with Gasteiger partial charge in [0.2, 0.25) is 21.8 Å². The summed E-state index contributed by atoms with van der Waals surface area (Å²) >= 11 is 0. The summed E-state index contributed by atoms with van der Waals surface area (Å²) in [5.41, 5.74) is 0.908. The summed E-state index contributed by atoms with van der Waals surface area (Å²) in [4.78, 5) is 51.4. The van der Waals surface area contributed by atoms with Gasteiger partial charge in [-0.2, -0.15) is 4.31 Å². The molecule has 3 aromatic rings. The average molecular weight is 701 g/mol. The monoisotopic (exact) mass is 700 g/mol. The van der Waals surface area contributed by atoms with Crippen LogP contribution in [0.1, 0.15) is 56.2 Å². The predicted octanol–water partition coefficient (Wildman–Crippen LogP) is 3.44. The molecule has 4 heterocycles. The minimum Gasteiger partial charge on any atom is -0.318 e. The molecule has 2 aromatic carbocycles. The van der Waals surface area contributed by atoms with E-state index in [0.717, 1.165) is 26.5 Å². The van der Waals surface area contributed by atoms with Crippen LogP contribution >= 0.6 is 0 Å². The SMILES string of the molecule is Cn1c(=O)n(C2CCC(=O)NC2=O)c2ccc([C@@H]3CCN(C(=O)Nc4cccc(CS(=O)(=O)N5CC[Si]CC5(C)C)c4)CC3(F)F)cc21. The molecule has 0 bridgehead atoms. The number of amides is 4. The molecule has 256 valence electrons. The molecule has 1 unspecified atom stereocenters. The van der Waals surface area contributed by atoms with Gasteiger partial charge in [-0.05, 0) is 74.2 Å². The molecule has 3 fully saturated rings. The Labute approximate surface area is 279 Å². The number of rotatable bonds is 6. The highest BCUT2D eigenvalue weighted by atomic mass is 32.2. The van der Waals surface area contributed by atoms with Crippen LogP contribution < -0.4 is 16.3 Å². The van der Waals surface area contributed by atoms with E-state index in [0.29, 0.717) is 34.4 Å². The standard InChI is InChI=1S/C32H38F2N6O6SSi/c1-31(2)19-48-14-13-39(31)47(45,46)17-20-5-4-6-22(15-20)35-29(43)38-12-11-23(32(33,34)18-38)21-7-8-24-26(16-21)37(3)30(44)40(24)25-9-10-27(41)36-28(25)42/h4-8,15-16,23,25H,9-14,17-19H2,1-3H3,(H,35,43)(H,36,41,42)/t23-,25?/m0/s1. The van der Waals surface area contributed by atoms with E-state index in [2.05, 4.69) is 10.6 Å². The van der Waals surface area contributed by atoms with Crippen LogP contribution in [0.3, 0.4) is 0 Å². The Kier molecular flexibility index (Phi) is 8.87. The minimum atomic E-state index is -3.62. The summed E-state index contributed by atoms with van der Waals surface area (Å²) in [5.74, 6) is -5.76. The number of aryl methyl sites for hydroxylation is 1. The molecule has 6 rings (SSSR count). The maximum Gasteiger partial charge on any atom is 0.329 e. The topological polar surface area (TPSA) is 143 Å². The number of anilines is 1. The number of alkyl halides is 2. The number of carbonyl (C=O) groups excluding carboxylic acids is 3. The van der Waals surface area contributed by atoms with Crippen LogP contribution in [0.4, 0.5) is 19.3 Å². The van der Waals surface area contributed by atoms with Crippen LogP contribution in [-0.2, 0) is 32.4 Å². The number of fused-ring (bicyclic) bond motifs is 1. The molecule has 0 aliphatic carbocycles. The summed E-state index contributed by atoms with van der Waals surface area (Å²) in [5, 5.41) is 4.90. The number of hydrogen-bond acceptors (Lipinski definition) is 6. The molecule has 1 aromatic heterocycles. The number of benzene rings is 2. The van der Waals surface area contributed by atoms with Crippen molar-refractivity contribution < 1.29 is 31.6 Å². The molecule has 3 aliphatic heterocycles. The number of imide groups is 1. The van der Waals surface area contributed by atoms with Crippen molar-refractivity contribution in [3.63, 3.8) is 0 Å². The van der Waals surface area contributed by atoms with Crippen LogP contribution in [0.25, 0.3) is 11.0 Å². The van der Waals surface area contributed by atoms with Crippen molar-refractivity contribution in [2.24, 2.45) is 7.05 Å².